The molecule has 20 heavy (non-hydrogen) atoms. The summed E-state index contributed by atoms with van der Waals surface area (Å²) in [4.78, 5) is 15.9. The molecule has 3 N–H and O–H groups in total. The van der Waals surface area contributed by atoms with Gasteiger partial charge in [0.1, 0.15) is 0 Å². The van der Waals surface area contributed by atoms with Crippen LogP contribution in [0.2, 0.25) is 0 Å². The van der Waals surface area contributed by atoms with Crippen molar-refractivity contribution in [2.75, 3.05) is 18.0 Å². The molecule has 0 saturated heterocycles. The number of aryl methyl sites for hydroxylation is 1. The zero-order valence-electron chi connectivity index (χ0n) is 11.8. The topological polar surface area (TPSA) is 68.0 Å². The van der Waals surface area contributed by atoms with Crippen LogP contribution in [0.25, 0.3) is 0 Å². The molecule has 0 atom stereocenters. The van der Waals surface area contributed by atoms with Crippen LogP contribution in [-0.4, -0.2) is 28.4 Å². The first kappa shape index (κ1) is 15.6. The van der Waals surface area contributed by atoms with E-state index in [1.54, 1.807) is 0 Å². The molecule has 1 aromatic rings. The van der Waals surface area contributed by atoms with Crippen molar-refractivity contribution in [1.29, 1.82) is 0 Å². The summed E-state index contributed by atoms with van der Waals surface area (Å²) < 4.78 is 0. The number of hydrogen-bond acceptors (Lipinski definition) is 5. The first-order valence-electron chi connectivity index (χ1n) is 7.32. The molecular formula is C14H23N3OS2. The molecule has 0 aliphatic heterocycles. The maximum atomic E-state index is 11.7. The number of nitrogens with two attached hydrogens (primary N) is 1. The van der Waals surface area contributed by atoms with Gasteiger partial charge in [0.05, 0.1) is 5.69 Å². The summed E-state index contributed by atoms with van der Waals surface area (Å²) >= 11 is 3.44. The van der Waals surface area contributed by atoms with Crippen LogP contribution in [0.15, 0.2) is 5.38 Å². The molecule has 1 aliphatic carbocycles. The molecule has 0 spiro atoms. The first-order chi connectivity index (χ1) is 9.74. The van der Waals surface area contributed by atoms with Gasteiger partial charge in [0, 0.05) is 29.3 Å². The minimum Gasteiger partial charge on any atom is -0.375 e. The van der Waals surface area contributed by atoms with Crippen LogP contribution in [0.5, 0.6) is 0 Å². The number of thioether (sulfide) groups is 1. The lowest BCUT2D eigenvalue weighted by Crippen LogP contribution is -2.26. The van der Waals surface area contributed by atoms with Crippen LogP contribution in [0.1, 0.15) is 44.2 Å². The monoisotopic (exact) mass is 313 g/mol. The summed E-state index contributed by atoms with van der Waals surface area (Å²) in [6.45, 7) is 0.777. The van der Waals surface area contributed by atoms with E-state index in [4.69, 9.17) is 5.73 Å². The number of nitrogen functional groups attached to an aromatic ring is 1. The van der Waals surface area contributed by atoms with Crippen LogP contribution in [0.4, 0.5) is 5.13 Å². The van der Waals surface area contributed by atoms with Crippen molar-refractivity contribution in [1.82, 2.24) is 10.3 Å². The van der Waals surface area contributed by atoms with Crippen molar-refractivity contribution in [3.05, 3.63) is 11.1 Å². The Kier molecular flexibility index (Phi) is 6.66. The Labute approximate surface area is 128 Å². The normalized spacial score (nSPS) is 16.2. The maximum absolute atomic E-state index is 11.7. The Balaban J connectivity index is 1.51. The molecule has 0 bridgehead atoms. The highest BCUT2D eigenvalue weighted by Gasteiger charge is 2.13. The molecule has 4 nitrogen and oxygen atoms in total. The summed E-state index contributed by atoms with van der Waals surface area (Å²) in [5, 5.41) is 6.29. The van der Waals surface area contributed by atoms with Gasteiger partial charge in [-0.2, -0.15) is 11.8 Å². The summed E-state index contributed by atoms with van der Waals surface area (Å²) in [5.41, 5.74) is 6.47. The second kappa shape index (κ2) is 8.52. The number of carbonyl (C=O) groups is 1. The van der Waals surface area contributed by atoms with Crippen LogP contribution >= 0.6 is 23.1 Å². The first-order valence-corrected chi connectivity index (χ1v) is 9.25. The molecule has 1 saturated carbocycles. The van der Waals surface area contributed by atoms with Crippen molar-refractivity contribution in [2.24, 2.45) is 0 Å². The molecule has 0 radical (unpaired) electrons. The average Bonchev–Trinajstić information content (AvgIpc) is 2.88. The highest BCUT2D eigenvalue weighted by molar-refractivity contribution is 7.99. The van der Waals surface area contributed by atoms with Gasteiger partial charge in [0.15, 0.2) is 5.13 Å². The van der Waals surface area contributed by atoms with Crippen molar-refractivity contribution in [3.63, 3.8) is 0 Å². The number of rotatable bonds is 7. The molecule has 0 unspecified atom stereocenters. The van der Waals surface area contributed by atoms with Crippen LogP contribution in [0, 0.1) is 0 Å². The number of thiazole rings is 1. The molecule has 1 fully saturated rings. The highest BCUT2D eigenvalue weighted by atomic mass is 32.2. The van der Waals surface area contributed by atoms with Crippen LogP contribution < -0.4 is 11.1 Å². The Hall–Kier alpha value is -0.750. The van der Waals surface area contributed by atoms with Crippen LogP contribution in [0.3, 0.4) is 0 Å². The fraction of sp³-hybridized carbons (Fsp3) is 0.714. The number of aromatic nitrogens is 1. The van der Waals surface area contributed by atoms with Gasteiger partial charge < -0.3 is 11.1 Å². The number of hydrogen-bond donors (Lipinski definition) is 2. The van der Waals surface area contributed by atoms with Gasteiger partial charge in [-0.25, -0.2) is 4.98 Å². The van der Waals surface area contributed by atoms with E-state index in [0.29, 0.717) is 18.0 Å². The molecule has 112 valence electrons. The van der Waals surface area contributed by atoms with Gasteiger partial charge in [0.25, 0.3) is 0 Å². The minimum atomic E-state index is 0.112. The third-order valence-corrected chi connectivity index (χ3v) is 5.61. The van der Waals surface area contributed by atoms with Crippen molar-refractivity contribution in [2.45, 2.75) is 50.2 Å². The molecule has 1 aliphatic rings. The van der Waals surface area contributed by atoms with E-state index in [1.807, 2.05) is 17.1 Å². The fourth-order valence-corrected chi connectivity index (χ4v) is 4.23. The predicted octanol–water partition coefficient (Wildman–Crippen LogP) is 2.84. The summed E-state index contributed by atoms with van der Waals surface area (Å²) in [7, 11) is 0. The third kappa shape index (κ3) is 5.71. The number of carbonyl (C=O) groups excluding carboxylic acids is 1. The minimum absolute atomic E-state index is 0.112. The van der Waals surface area contributed by atoms with E-state index in [9.17, 15) is 4.79 Å². The van der Waals surface area contributed by atoms with Gasteiger partial charge in [-0.1, -0.05) is 19.3 Å². The molecule has 2 rings (SSSR count). The predicted molar refractivity (Wildman–Crippen MR) is 87.2 cm³/mol. The second-order valence-electron chi connectivity index (χ2n) is 5.16. The van der Waals surface area contributed by atoms with Crippen molar-refractivity contribution >= 4 is 34.1 Å². The van der Waals surface area contributed by atoms with Gasteiger partial charge in [0.2, 0.25) is 5.91 Å². The van der Waals surface area contributed by atoms with Crippen molar-refractivity contribution < 1.29 is 4.79 Å². The number of nitrogens with one attached hydrogen (secondary N) is 1. The maximum Gasteiger partial charge on any atom is 0.220 e. The quantitative estimate of drug-likeness (QED) is 0.760. The lowest BCUT2D eigenvalue weighted by atomic mass is 10.0. The Morgan fingerprint density at radius 3 is 2.95 bits per heavy atom. The van der Waals surface area contributed by atoms with Crippen molar-refractivity contribution in [3.8, 4) is 0 Å². The SMILES string of the molecule is Nc1nc(CCC(=O)NCCSC2CCCCC2)cs1. The summed E-state index contributed by atoms with van der Waals surface area (Å²) in [6, 6.07) is 0. The Morgan fingerprint density at radius 2 is 2.25 bits per heavy atom. The standard InChI is InChI=1S/C14H23N3OS2/c15-14-17-11(10-20-14)6-7-13(18)16-8-9-19-12-4-2-1-3-5-12/h10,12H,1-9H2,(H2,15,17)(H,16,18). The van der Waals surface area contributed by atoms with Gasteiger partial charge in [-0.05, 0) is 19.3 Å². The zero-order valence-corrected chi connectivity index (χ0v) is 13.4. The Morgan fingerprint density at radius 1 is 1.45 bits per heavy atom. The molecule has 1 amide bonds. The average molecular weight is 313 g/mol. The van der Waals surface area contributed by atoms with E-state index in [1.165, 1.54) is 43.4 Å². The molecule has 0 aromatic carbocycles. The van der Waals surface area contributed by atoms with E-state index < -0.39 is 0 Å². The number of anilines is 1. The number of nitrogens with zero attached hydrogens (tertiary/aromatic N) is 1. The lowest BCUT2D eigenvalue weighted by Gasteiger charge is -2.20. The summed E-state index contributed by atoms with van der Waals surface area (Å²) in [5.74, 6) is 1.14. The smallest absolute Gasteiger partial charge is 0.220 e. The third-order valence-electron chi connectivity index (χ3n) is 3.51. The summed E-state index contributed by atoms with van der Waals surface area (Å²) in [6.07, 6.45) is 8.02. The van der Waals surface area contributed by atoms with E-state index >= 15 is 0 Å². The van der Waals surface area contributed by atoms with E-state index in [0.717, 1.165) is 23.2 Å². The Bertz CT molecular complexity index is 416. The van der Waals surface area contributed by atoms with E-state index in [2.05, 4.69) is 10.3 Å². The van der Waals surface area contributed by atoms with E-state index in [-0.39, 0.29) is 5.91 Å². The van der Waals surface area contributed by atoms with Gasteiger partial charge in [-0.15, -0.1) is 11.3 Å². The number of amides is 1. The van der Waals surface area contributed by atoms with Crippen LogP contribution in [-0.2, 0) is 11.2 Å². The fourth-order valence-electron chi connectivity index (χ4n) is 2.42. The largest absolute Gasteiger partial charge is 0.375 e. The second-order valence-corrected chi connectivity index (χ2v) is 7.46. The molecular weight excluding hydrogens is 290 g/mol. The highest BCUT2D eigenvalue weighted by Crippen LogP contribution is 2.27. The van der Waals surface area contributed by atoms with Gasteiger partial charge in [-0.3, -0.25) is 4.79 Å². The molecule has 1 aromatic heterocycles. The van der Waals surface area contributed by atoms with Gasteiger partial charge >= 0.3 is 0 Å². The molecule has 6 heteroatoms. The molecule has 1 heterocycles. The zero-order chi connectivity index (χ0) is 14.2. The lowest BCUT2D eigenvalue weighted by molar-refractivity contribution is -0.120.